The highest BCUT2D eigenvalue weighted by Crippen LogP contribution is 2.25. The molecule has 0 spiro atoms. The van der Waals surface area contributed by atoms with E-state index in [1.165, 1.54) is 6.92 Å². The Morgan fingerprint density at radius 3 is 2.32 bits per heavy atom. The third-order valence-corrected chi connectivity index (χ3v) is 2.31. The summed E-state index contributed by atoms with van der Waals surface area (Å²) in [5, 5.41) is 2.52. The normalized spacial score (nSPS) is 11.5. The van der Waals surface area contributed by atoms with Gasteiger partial charge in [-0.25, -0.2) is 13.8 Å². The summed E-state index contributed by atoms with van der Waals surface area (Å²) in [6.07, 6.45) is -4.49. The molecule has 19 heavy (non-hydrogen) atoms. The van der Waals surface area contributed by atoms with E-state index in [4.69, 9.17) is 0 Å². The van der Waals surface area contributed by atoms with Crippen LogP contribution in [0.3, 0.4) is 0 Å². The molecule has 0 aliphatic carbocycles. The van der Waals surface area contributed by atoms with Crippen LogP contribution in [0, 0.1) is 11.6 Å². The summed E-state index contributed by atoms with van der Waals surface area (Å²) in [5.41, 5.74) is 0. The van der Waals surface area contributed by atoms with Gasteiger partial charge in [0.1, 0.15) is 6.54 Å². The third-order valence-electron chi connectivity index (χ3n) is 2.31. The fraction of sp³-hybridized carbons (Fsp3) is 0.545. The summed E-state index contributed by atoms with van der Waals surface area (Å²) in [4.78, 5) is 4.29. The largest absolute Gasteiger partial charge is 0.405 e. The number of hydrogen-bond donors (Lipinski definition) is 1. The van der Waals surface area contributed by atoms with Gasteiger partial charge in [-0.3, -0.25) is 0 Å². The maximum Gasteiger partial charge on any atom is 0.405 e. The fourth-order valence-corrected chi connectivity index (χ4v) is 1.52. The first kappa shape index (κ1) is 15.5. The van der Waals surface area contributed by atoms with E-state index >= 15 is 0 Å². The predicted octanol–water partition coefficient (Wildman–Crippen LogP) is 3.18. The highest BCUT2D eigenvalue weighted by Gasteiger charge is 2.32. The molecule has 0 saturated heterocycles. The molecule has 0 unspecified atom stereocenters. The van der Waals surface area contributed by atoms with Gasteiger partial charge in [0.25, 0.3) is 0 Å². The first-order valence-electron chi connectivity index (χ1n) is 5.70. The highest BCUT2D eigenvalue weighted by atomic mass is 19.4. The minimum Gasteiger partial charge on any atom is -0.368 e. The average molecular weight is 283 g/mol. The van der Waals surface area contributed by atoms with E-state index in [-0.39, 0.29) is 12.4 Å². The van der Waals surface area contributed by atoms with Crippen molar-refractivity contribution in [2.45, 2.75) is 20.0 Å². The topological polar surface area (TPSA) is 28.2 Å². The van der Waals surface area contributed by atoms with Gasteiger partial charge < -0.3 is 10.2 Å². The number of halogens is 5. The van der Waals surface area contributed by atoms with Gasteiger partial charge in [0.15, 0.2) is 23.3 Å². The lowest BCUT2D eigenvalue weighted by Crippen LogP contribution is -2.35. The molecule has 0 radical (unpaired) electrons. The Bertz CT molecular complexity index is 433. The van der Waals surface area contributed by atoms with Crippen LogP contribution in [0.5, 0.6) is 0 Å². The van der Waals surface area contributed by atoms with Gasteiger partial charge in [0.05, 0.1) is 0 Å². The van der Waals surface area contributed by atoms with Crippen molar-refractivity contribution in [3.63, 3.8) is 0 Å². The van der Waals surface area contributed by atoms with Gasteiger partial charge in [0.2, 0.25) is 0 Å². The minimum atomic E-state index is -4.49. The van der Waals surface area contributed by atoms with Crippen LogP contribution >= 0.6 is 0 Å². The minimum absolute atomic E-state index is 0.0966. The van der Waals surface area contributed by atoms with Gasteiger partial charge in [-0.1, -0.05) is 0 Å². The first-order chi connectivity index (χ1) is 8.78. The van der Waals surface area contributed by atoms with Crippen LogP contribution in [-0.2, 0) is 0 Å². The fourth-order valence-electron chi connectivity index (χ4n) is 1.52. The van der Waals surface area contributed by atoms with Crippen LogP contribution in [-0.4, -0.2) is 30.8 Å². The Morgan fingerprint density at radius 1 is 1.21 bits per heavy atom. The molecule has 8 heteroatoms. The SMILES string of the molecule is CCNc1nc(N(CC)CC(F)(F)F)c(F)cc1F. The number of rotatable bonds is 5. The maximum atomic E-state index is 13.5. The lowest BCUT2D eigenvalue weighted by Gasteiger charge is -2.24. The van der Waals surface area contributed by atoms with Crippen LogP contribution in [0.1, 0.15) is 13.8 Å². The zero-order chi connectivity index (χ0) is 14.6. The van der Waals surface area contributed by atoms with E-state index in [1.54, 1.807) is 6.92 Å². The van der Waals surface area contributed by atoms with Crippen LogP contribution in [0.15, 0.2) is 6.07 Å². The summed E-state index contributed by atoms with van der Waals surface area (Å²) >= 11 is 0. The molecule has 0 bridgehead atoms. The molecule has 1 aromatic rings. The zero-order valence-corrected chi connectivity index (χ0v) is 10.5. The monoisotopic (exact) mass is 283 g/mol. The van der Waals surface area contributed by atoms with E-state index in [0.717, 1.165) is 0 Å². The number of nitrogens with zero attached hydrogens (tertiary/aromatic N) is 2. The quantitative estimate of drug-likeness (QED) is 0.841. The number of hydrogen-bond acceptors (Lipinski definition) is 3. The van der Waals surface area contributed by atoms with Crippen molar-refractivity contribution in [3.8, 4) is 0 Å². The molecule has 0 atom stereocenters. The van der Waals surface area contributed by atoms with Crippen LogP contribution < -0.4 is 10.2 Å². The summed E-state index contributed by atoms with van der Waals surface area (Å²) in [5.74, 6) is -2.84. The van der Waals surface area contributed by atoms with E-state index in [0.29, 0.717) is 17.5 Å². The molecule has 0 aromatic carbocycles. The Balaban J connectivity index is 3.12. The van der Waals surface area contributed by atoms with E-state index < -0.39 is 30.2 Å². The molecule has 1 heterocycles. The summed E-state index contributed by atoms with van der Waals surface area (Å²) in [6.45, 7) is 1.98. The molecule has 0 amide bonds. The molecule has 0 aliphatic rings. The second-order valence-corrected chi connectivity index (χ2v) is 3.78. The van der Waals surface area contributed by atoms with E-state index in [9.17, 15) is 22.0 Å². The van der Waals surface area contributed by atoms with Crippen molar-refractivity contribution in [2.24, 2.45) is 0 Å². The third kappa shape index (κ3) is 4.22. The molecule has 0 fully saturated rings. The number of nitrogens with one attached hydrogen (secondary N) is 1. The van der Waals surface area contributed by atoms with Crippen molar-refractivity contribution in [1.82, 2.24) is 4.98 Å². The standard InChI is InChI=1S/C11H14F5N3/c1-3-17-9-7(12)5-8(13)10(18-9)19(4-2)6-11(14,15)16/h5H,3-4,6H2,1-2H3,(H,17,18). The molecule has 0 saturated carbocycles. The first-order valence-corrected chi connectivity index (χ1v) is 5.70. The zero-order valence-electron chi connectivity index (χ0n) is 10.5. The lowest BCUT2D eigenvalue weighted by atomic mass is 10.3. The summed E-state index contributed by atoms with van der Waals surface area (Å²) in [7, 11) is 0. The Morgan fingerprint density at radius 2 is 1.84 bits per heavy atom. The Kier molecular flexibility index (Phi) is 4.90. The number of alkyl halides is 3. The second kappa shape index (κ2) is 6.03. The van der Waals surface area contributed by atoms with Gasteiger partial charge in [-0.15, -0.1) is 0 Å². The Labute approximate surface area is 107 Å². The average Bonchev–Trinajstić information content (AvgIpc) is 2.29. The highest BCUT2D eigenvalue weighted by molar-refractivity contribution is 5.49. The van der Waals surface area contributed by atoms with Gasteiger partial charge in [-0.05, 0) is 13.8 Å². The van der Waals surface area contributed by atoms with Gasteiger partial charge in [-0.2, -0.15) is 13.2 Å². The van der Waals surface area contributed by atoms with Gasteiger partial charge >= 0.3 is 6.18 Å². The van der Waals surface area contributed by atoms with Crippen molar-refractivity contribution in [2.75, 3.05) is 29.9 Å². The van der Waals surface area contributed by atoms with E-state index in [1.807, 2.05) is 0 Å². The number of anilines is 2. The molecule has 108 valence electrons. The smallest absolute Gasteiger partial charge is 0.368 e. The predicted molar refractivity (Wildman–Crippen MR) is 62.3 cm³/mol. The molecule has 1 aromatic heterocycles. The van der Waals surface area contributed by atoms with Crippen molar-refractivity contribution in [1.29, 1.82) is 0 Å². The van der Waals surface area contributed by atoms with Crippen LogP contribution in [0.2, 0.25) is 0 Å². The second-order valence-electron chi connectivity index (χ2n) is 3.78. The van der Waals surface area contributed by atoms with Crippen molar-refractivity contribution >= 4 is 11.6 Å². The lowest BCUT2D eigenvalue weighted by molar-refractivity contribution is -0.119. The van der Waals surface area contributed by atoms with Crippen LogP contribution in [0.4, 0.5) is 33.6 Å². The number of pyridine rings is 1. The molecule has 3 nitrogen and oxygen atoms in total. The molecule has 0 aliphatic heterocycles. The summed E-state index contributed by atoms with van der Waals surface area (Å²) in [6, 6.07) is 0.527. The van der Waals surface area contributed by atoms with Crippen molar-refractivity contribution in [3.05, 3.63) is 17.7 Å². The van der Waals surface area contributed by atoms with E-state index in [2.05, 4.69) is 10.3 Å². The molecule has 1 N–H and O–H groups in total. The maximum absolute atomic E-state index is 13.5. The molecular weight excluding hydrogens is 269 g/mol. The molecular formula is C11H14F5N3. The number of aromatic nitrogens is 1. The van der Waals surface area contributed by atoms with Gasteiger partial charge in [0, 0.05) is 19.2 Å². The van der Waals surface area contributed by atoms with Crippen molar-refractivity contribution < 1.29 is 22.0 Å². The van der Waals surface area contributed by atoms with Crippen LogP contribution in [0.25, 0.3) is 0 Å². The summed E-state index contributed by atoms with van der Waals surface area (Å²) < 4.78 is 63.9. The molecule has 1 rings (SSSR count). The Hall–Kier alpha value is -1.60.